The summed E-state index contributed by atoms with van der Waals surface area (Å²) < 4.78 is 1.06. The Kier molecular flexibility index (Phi) is 13.7. The Labute approximate surface area is 143 Å². The van der Waals surface area contributed by atoms with E-state index in [-0.39, 0.29) is 45.8 Å². The van der Waals surface area contributed by atoms with Gasteiger partial charge in [0.25, 0.3) is 0 Å². The monoisotopic (exact) mass is 361 g/mol. The number of thioether (sulfide) groups is 1. The summed E-state index contributed by atoms with van der Waals surface area (Å²) in [5, 5.41) is 0. The maximum absolute atomic E-state index is 5.45. The molecule has 0 amide bonds. The van der Waals surface area contributed by atoms with E-state index in [1.54, 1.807) is 11.8 Å². The van der Waals surface area contributed by atoms with E-state index in [0.717, 1.165) is 17.4 Å². The molecule has 0 aromatic heterocycles. The molecule has 1 nitrogen and oxygen atoms in total. The molecule has 18 heavy (non-hydrogen) atoms. The number of thiocarbonyl (C=S) groups is 1. The fraction of sp³-hybridized carbons (Fsp3) is 0.500. The molecule has 0 saturated heterocycles. The third kappa shape index (κ3) is 6.68. The fourth-order valence-corrected chi connectivity index (χ4v) is 3.58. The second-order valence-electron chi connectivity index (χ2n) is 3.95. The zero-order valence-electron chi connectivity index (χ0n) is 12.4. The smallest absolute Gasteiger partial charge is 0.358 e. The van der Waals surface area contributed by atoms with Crippen LogP contribution in [-0.4, -0.2) is 27.1 Å². The van der Waals surface area contributed by atoms with E-state index in [4.69, 9.17) is 12.2 Å². The van der Waals surface area contributed by atoms with E-state index in [0.29, 0.717) is 0 Å². The van der Waals surface area contributed by atoms with Crippen molar-refractivity contribution in [2.45, 2.75) is 32.4 Å². The first-order valence-electron chi connectivity index (χ1n) is 5.37. The third-order valence-electron chi connectivity index (χ3n) is 2.52. The zero-order chi connectivity index (χ0) is 11.5. The number of hydrogen-bond donors (Lipinski definition) is 0. The van der Waals surface area contributed by atoms with E-state index in [1.165, 1.54) is 5.57 Å². The number of rotatable bonds is 3. The van der Waals surface area contributed by atoms with Crippen LogP contribution in [0, 0.1) is 14.9 Å². The molecule has 0 radical (unpaired) electrons. The van der Waals surface area contributed by atoms with Crippen LogP contribution in [0.1, 0.15) is 27.7 Å². The van der Waals surface area contributed by atoms with Crippen LogP contribution in [0.25, 0.3) is 0 Å². The second-order valence-corrected chi connectivity index (χ2v) is 6.06. The zero-order valence-corrected chi connectivity index (χ0v) is 16.5. The second kappa shape index (κ2) is 10.4. The van der Waals surface area contributed by atoms with Gasteiger partial charge in [-0.3, -0.25) is 0 Å². The molecule has 0 N–H and O–H groups in total. The summed E-state index contributed by atoms with van der Waals surface area (Å²) in [7, 11) is 0. The summed E-state index contributed by atoms with van der Waals surface area (Å²) in [5.41, 5.74) is 1.33. The average molecular weight is 363 g/mol. The molecule has 102 valence electrons. The molecule has 1 atom stereocenters. The van der Waals surface area contributed by atoms with Crippen molar-refractivity contribution in [3.8, 4) is 0 Å². The van der Waals surface area contributed by atoms with Crippen molar-refractivity contribution in [1.82, 2.24) is 4.90 Å². The van der Waals surface area contributed by atoms with E-state index < -0.39 is 0 Å². The van der Waals surface area contributed by atoms with Crippen molar-refractivity contribution in [3.05, 3.63) is 38.7 Å². The van der Waals surface area contributed by atoms with Crippen molar-refractivity contribution in [3.63, 3.8) is 0 Å². The maximum Gasteiger partial charge on any atom is 2.00 e. The van der Waals surface area contributed by atoms with Crippen molar-refractivity contribution < 1.29 is 26.2 Å². The molecule has 1 aliphatic carbocycles. The van der Waals surface area contributed by atoms with Gasteiger partial charge in [0.05, 0.1) is 4.75 Å². The first-order chi connectivity index (χ1) is 7.00. The minimum absolute atomic E-state index is 0. The summed E-state index contributed by atoms with van der Waals surface area (Å²) >= 11 is 7.21. The Morgan fingerprint density at radius 3 is 2.17 bits per heavy atom. The van der Waals surface area contributed by atoms with Gasteiger partial charge in [-0.2, -0.15) is 0 Å². The Bertz CT molecular complexity index is 309. The first kappa shape index (κ1) is 23.7. The molecule has 0 spiro atoms. The molecule has 0 saturated carbocycles. The van der Waals surface area contributed by atoms with Gasteiger partial charge in [0.2, 0.25) is 0 Å². The van der Waals surface area contributed by atoms with Gasteiger partial charge in [-0.1, -0.05) is 47.8 Å². The molecule has 0 aromatic carbocycles. The number of hydrogen-bond acceptors (Lipinski definition) is 2. The van der Waals surface area contributed by atoms with Crippen LogP contribution < -0.4 is 0 Å². The van der Waals surface area contributed by atoms with Gasteiger partial charge in [0.15, 0.2) is 0 Å². The molecule has 0 fully saturated rings. The Morgan fingerprint density at radius 2 is 1.83 bits per heavy atom. The van der Waals surface area contributed by atoms with Gasteiger partial charge in [0, 0.05) is 13.1 Å². The SMILES string of the molecule is CCN(CC)C(=S)SC1(C)C=CC(C)=C1.[CH3-].[CH3-].[Zr+2]. The molecule has 1 rings (SSSR count). The Balaban J connectivity index is -0.000000750. The summed E-state index contributed by atoms with van der Waals surface area (Å²) in [6, 6.07) is 0. The third-order valence-corrected chi connectivity index (χ3v) is 4.16. The van der Waals surface area contributed by atoms with E-state index in [1.807, 2.05) is 0 Å². The topological polar surface area (TPSA) is 3.24 Å². The summed E-state index contributed by atoms with van der Waals surface area (Å²) in [6.45, 7) is 10.6. The van der Waals surface area contributed by atoms with Gasteiger partial charge in [-0.25, -0.2) is 0 Å². The first-order valence-corrected chi connectivity index (χ1v) is 6.60. The molecule has 1 unspecified atom stereocenters. The molecule has 0 aliphatic heterocycles. The normalized spacial score (nSPS) is 20.1. The van der Waals surface area contributed by atoms with Crippen molar-refractivity contribution >= 4 is 28.3 Å². The molecule has 0 bridgehead atoms. The minimum Gasteiger partial charge on any atom is -0.358 e. The standard InChI is InChI=1S/C12H19NS2.2CH3.Zr/c1-5-13(6-2)11(14)15-12(4)8-7-10(3)9-12;;;/h7-9H,5-6H2,1-4H3;2*1H3;/q;2*-1;+2. The van der Waals surface area contributed by atoms with Gasteiger partial charge < -0.3 is 19.8 Å². The van der Waals surface area contributed by atoms with E-state index >= 15 is 0 Å². The van der Waals surface area contributed by atoms with Crippen LogP contribution in [0.5, 0.6) is 0 Å². The van der Waals surface area contributed by atoms with Crippen LogP contribution in [0.15, 0.2) is 23.8 Å². The molecular formula is C14H25NS2Zr. The van der Waals surface area contributed by atoms with Crippen molar-refractivity contribution in [2.75, 3.05) is 13.1 Å². The predicted molar refractivity (Wildman–Crippen MR) is 87.2 cm³/mol. The van der Waals surface area contributed by atoms with Gasteiger partial charge in [-0.15, -0.1) is 0 Å². The summed E-state index contributed by atoms with van der Waals surface area (Å²) in [6.07, 6.45) is 6.66. The van der Waals surface area contributed by atoms with Gasteiger partial charge in [0.1, 0.15) is 4.32 Å². The fourth-order valence-electron chi connectivity index (χ4n) is 1.64. The van der Waals surface area contributed by atoms with Crippen molar-refractivity contribution in [1.29, 1.82) is 0 Å². The Hall–Kier alpha value is 0.603. The van der Waals surface area contributed by atoms with E-state index in [9.17, 15) is 0 Å². The largest absolute Gasteiger partial charge is 2.00 e. The minimum atomic E-state index is 0. The summed E-state index contributed by atoms with van der Waals surface area (Å²) in [4.78, 5) is 2.22. The molecule has 4 heteroatoms. The molecular weight excluding hydrogens is 338 g/mol. The van der Waals surface area contributed by atoms with Crippen LogP contribution in [0.3, 0.4) is 0 Å². The van der Waals surface area contributed by atoms with Crippen LogP contribution in [-0.2, 0) is 26.2 Å². The van der Waals surface area contributed by atoms with Gasteiger partial charge in [-0.05, 0) is 27.7 Å². The molecule has 1 aliphatic rings. The van der Waals surface area contributed by atoms with Crippen molar-refractivity contribution in [2.24, 2.45) is 0 Å². The molecule has 0 aromatic rings. The summed E-state index contributed by atoms with van der Waals surface area (Å²) in [5.74, 6) is 0. The molecule has 0 heterocycles. The van der Waals surface area contributed by atoms with E-state index in [2.05, 4.69) is 50.8 Å². The maximum atomic E-state index is 5.45. The average Bonchev–Trinajstić information content (AvgIpc) is 2.47. The Morgan fingerprint density at radius 1 is 1.33 bits per heavy atom. The number of nitrogens with zero attached hydrogens (tertiary/aromatic N) is 1. The van der Waals surface area contributed by atoms with Crippen LogP contribution in [0.4, 0.5) is 0 Å². The van der Waals surface area contributed by atoms with Gasteiger partial charge >= 0.3 is 26.2 Å². The predicted octanol–water partition coefficient (Wildman–Crippen LogP) is 4.52. The number of allylic oxidation sites excluding steroid dienone is 2. The van der Waals surface area contributed by atoms with Crippen LogP contribution >= 0.6 is 24.0 Å². The van der Waals surface area contributed by atoms with Crippen LogP contribution in [0.2, 0.25) is 0 Å². The quantitative estimate of drug-likeness (QED) is 0.537.